The van der Waals surface area contributed by atoms with Gasteiger partial charge in [0.25, 0.3) is 0 Å². The van der Waals surface area contributed by atoms with Crippen LogP contribution >= 0.6 is 0 Å². The number of aryl methyl sites for hydroxylation is 1. The summed E-state index contributed by atoms with van der Waals surface area (Å²) in [5, 5.41) is -1.33. The Labute approximate surface area is 193 Å². The number of rotatable bonds is 6. The molecular formula is C25H14F8O2. The molecule has 0 bridgehead atoms. The average Bonchev–Trinajstić information content (AvgIpc) is 2.79. The maximum Gasteiger partial charge on any atom is 0.429 e. The lowest BCUT2D eigenvalue weighted by atomic mass is 10.0. The van der Waals surface area contributed by atoms with Crippen molar-refractivity contribution in [2.75, 3.05) is 0 Å². The molecule has 0 unspecified atom stereocenters. The van der Waals surface area contributed by atoms with Crippen LogP contribution in [0.15, 0.2) is 54.6 Å². The summed E-state index contributed by atoms with van der Waals surface area (Å²) in [6.45, 7) is 1.42. The molecule has 0 atom stereocenters. The first kappa shape index (κ1) is 24.3. The molecule has 4 aromatic carbocycles. The van der Waals surface area contributed by atoms with Crippen LogP contribution in [-0.4, -0.2) is 0 Å². The zero-order valence-electron chi connectivity index (χ0n) is 17.7. The highest BCUT2D eigenvalue weighted by molar-refractivity contribution is 5.85. The van der Waals surface area contributed by atoms with Gasteiger partial charge in [0.05, 0.1) is 5.39 Å². The van der Waals surface area contributed by atoms with Gasteiger partial charge in [-0.1, -0.05) is 23.8 Å². The number of alkyl halides is 2. The molecule has 0 aliphatic carbocycles. The van der Waals surface area contributed by atoms with Crippen molar-refractivity contribution in [3.8, 4) is 11.5 Å². The quantitative estimate of drug-likeness (QED) is 0.201. The number of hydrogen-bond acceptors (Lipinski definition) is 2. The molecule has 0 aliphatic heterocycles. The molecule has 2 nitrogen and oxygen atoms in total. The van der Waals surface area contributed by atoms with Gasteiger partial charge in [-0.3, -0.25) is 0 Å². The van der Waals surface area contributed by atoms with Crippen molar-refractivity contribution in [3.63, 3.8) is 0 Å². The Bertz CT molecular complexity index is 1390. The van der Waals surface area contributed by atoms with E-state index in [0.717, 1.165) is 17.7 Å². The lowest BCUT2D eigenvalue weighted by Crippen LogP contribution is -2.24. The van der Waals surface area contributed by atoms with Crippen LogP contribution in [0.3, 0.4) is 0 Å². The summed E-state index contributed by atoms with van der Waals surface area (Å²) in [5.74, 6) is -11.4. The molecule has 0 heterocycles. The molecule has 4 aromatic rings. The topological polar surface area (TPSA) is 18.5 Å². The summed E-state index contributed by atoms with van der Waals surface area (Å²) < 4.78 is 123. The van der Waals surface area contributed by atoms with Crippen LogP contribution < -0.4 is 9.47 Å². The van der Waals surface area contributed by atoms with Gasteiger partial charge in [0.15, 0.2) is 29.1 Å². The van der Waals surface area contributed by atoms with Crippen molar-refractivity contribution in [1.29, 1.82) is 0 Å². The van der Waals surface area contributed by atoms with E-state index >= 15 is 0 Å². The molecule has 10 heteroatoms. The first-order valence-electron chi connectivity index (χ1n) is 9.98. The van der Waals surface area contributed by atoms with Gasteiger partial charge in [-0.15, -0.1) is 0 Å². The standard InChI is InChI=1S/C25H14F8O2/c1-12-2-5-15(6-3-12)34-11-14-8-13-4-7-17(22(29)20(13)24(31)21(14)28)25(32,33)35-16-9-18(26)23(30)19(27)10-16/h2-10H,11H2,1H3. The van der Waals surface area contributed by atoms with E-state index in [0.29, 0.717) is 11.8 Å². The third-order valence-electron chi connectivity index (χ3n) is 5.13. The predicted molar refractivity (Wildman–Crippen MR) is 110 cm³/mol. The van der Waals surface area contributed by atoms with E-state index in [1.807, 2.05) is 6.92 Å². The SMILES string of the molecule is Cc1ccc(OCc2cc3ccc(C(F)(F)Oc4cc(F)c(F)c(F)c4)c(F)c3c(F)c2F)cc1. The highest BCUT2D eigenvalue weighted by Gasteiger charge is 2.39. The molecule has 0 radical (unpaired) electrons. The number of hydrogen-bond donors (Lipinski definition) is 0. The predicted octanol–water partition coefficient (Wildman–Crippen LogP) is 7.69. The van der Waals surface area contributed by atoms with E-state index in [9.17, 15) is 35.1 Å². The minimum Gasteiger partial charge on any atom is -0.489 e. The Hall–Kier alpha value is -3.82. The number of benzene rings is 4. The highest BCUT2D eigenvalue weighted by atomic mass is 19.3. The van der Waals surface area contributed by atoms with E-state index in [2.05, 4.69) is 4.74 Å². The third-order valence-corrected chi connectivity index (χ3v) is 5.13. The van der Waals surface area contributed by atoms with E-state index in [-0.39, 0.29) is 23.1 Å². The average molecular weight is 498 g/mol. The van der Waals surface area contributed by atoms with Gasteiger partial charge in [0.2, 0.25) is 0 Å². The Morgan fingerprint density at radius 1 is 0.686 bits per heavy atom. The largest absolute Gasteiger partial charge is 0.489 e. The highest BCUT2D eigenvalue weighted by Crippen LogP contribution is 2.38. The maximum absolute atomic E-state index is 14.9. The lowest BCUT2D eigenvalue weighted by Gasteiger charge is -2.20. The molecule has 35 heavy (non-hydrogen) atoms. The van der Waals surface area contributed by atoms with E-state index in [4.69, 9.17) is 4.74 Å². The number of halogens is 8. The molecule has 4 rings (SSSR count). The molecule has 0 fully saturated rings. The Balaban J connectivity index is 1.68. The van der Waals surface area contributed by atoms with E-state index < -0.39 is 64.3 Å². The van der Waals surface area contributed by atoms with Crippen LogP contribution in [0.4, 0.5) is 35.1 Å². The molecule has 0 saturated heterocycles. The van der Waals surface area contributed by atoms with Crippen molar-refractivity contribution in [1.82, 2.24) is 0 Å². The number of ether oxygens (including phenoxy) is 2. The normalized spacial score (nSPS) is 11.7. The van der Waals surface area contributed by atoms with E-state index in [1.165, 1.54) is 0 Å². The second-order valence-electron chi connectivity index (χ2n) is 7.61. The first-order chi connectivity index (χ1) is 16.5. The molecule has 0 amide bonds. The van der Waals surface area contributed by atoms with Gasteiger partial charge in [0.1, 0.15) is 29.5 Å². The summed E-state index contributed by atoms with van der Waals surface area (Å²) in [6.07, 6.45) is -4.58. The monoisotopic (exact) mass is 498 g/mol. The van der Waals surface area contributed by atoms with Crippen LogP contribution in [0.25, 0.3) is 10.8 Å². The Morgan fingerprint density at radius 3 is 1.94 bits per heavy atom. The molecule has 0 N–H and O–H groups in total. The summed E-state index contributed by atoms with van der Waals surface area (Å²) >= 11 is 0. The molecular weight excluding hydrogens is 484 g/mol. The summed E-state index contributed by atoms with van der Waals surface area (Å²) in [7, 11) is 0. The van der Waals surface area contributed by atoms with Crippen molar-refractivity contribution in [3.05, 3.63) is 106 Å². The van der Waals surface area contributed by atoms with Gasteiger partial charge < -0.3 is 9.47 Å². The maximum atomic E-state index is 14.9. The minimum atomic E-state index is -4.58. The van der Waals surface area contributed by atoms with Gasteiger partial charge in [-0.05, 0) is 36.6 Å². The third kappa shape index (κ3) is 4.73. The zero-order valence-corrected chi connectivity index (χ0v) is 17.7. The summed E-state index contributed by atoms with van der Waals surface area (Å²) in [6, 6.07) is 9.44. The van der Waals surface area contributed by atoms with Crippen LogP contribution in [0.5, 0.6) is 11.5 Å². The molecule has 0 aromatic heterocycles. The molecule has 182 valence electrons. The van der Waals surface area contributed by atoms with Gasteiger partial charge >= 0.3 is 6.11 Å². The number of fused-ring (bicyclic) bond motifs is 1. The van der Waals surface area contributed by atoms with Gasteiger partial charge in [-0.2, -0.15) is 8.78 Å². The minimum absolute atomic E-state index is 0.131. The van der Waals surface area contributed by atoms with Crippen LogP contribution in [-0.2, 0) is 12.7 Å². The summed E-state index contributed by atoms with van der Waals surface area (Å²) in [4.78, 5) is 0. The van der Waals surface area contributed by atoms with Gasteiger partial charge in [-0.25, -0.2) is 26.3 Å². The van der Waals surface area contributed by atoms with Crippen LogP contribution in [0, 0.1) is 41.8 Å². The fourth-order valence-electron chi connectivity index (χ4n) is 3.36. The summed E-state index contributed by atoms with van der Waals surface area (Å²) in [5.41, 5.74) is -0.873. The Kier molecular flexibility index (Phi) is 6.31. The first-order valence-corrected chi connectivity index (χ1v) is 9.98. The molecule has 0 aliphatic rings. The van der Waals surface area contributed by atoms with Crippen LogP contribution in [0.1, 0.15) is 16.7 Å². The second kappa shape index (κ2) is 9.09. The van der Waals surface area contributed by atoms with Crippen molar-refractivity contribution in [2.45, 2.75) is 19.6 Å². The lowest BCUT2D eigenvalue weighted by molar-refractivity contribution is -0.187. The molecule has 0 saturated carbocycles. The van der Waals surface area contributed by atoms with Gasteiger partial charge in [0, 0.05) is 17.7 Å². The van der Waals surface area contributed by atoms with Crippen molar-refractivity contribution < 1.29 is 44.6 Å². The fraction of sp³-hybridized carbons (Fsp3) is 0.120. The zero-order chi connectivity index (χ0) is 25.5. The fourth-order valence-corrected chi connectivity index (χ4v) is 3.36. The van der Waals surface area contributed by atoms with E-state index in [1.54, 1.807) is 24.3 Å². The van der Waals surface area contributed by atoms with Crippen molar-refractivity contribution >= 4 is 10.8 Å². The van der Waals surface area contributed by atoms with Crippen molar-refractivity contribution in [2.24, 2.45) is 0 Å². The second-order valence-corrected chi connectivity index (χ2v) is 7.61. The Morgan fingerprint density at radius 2 is 1.31 bits per heavy atom. The smallest absolute Gasteiger partial charge is 0.429 e. The van der Waals surface area contributed by atoms with Crippen LogP contribution in [0.2, 0.25) is 0 Å². The molecule has 0 spiro atoms.